The number of Topliss-reactive ketones (excluding diaryl/α,β-unsaturated/α-hetero) is 1. The van der Waals surface area contributed by atoms with Gasteiger partial charge < -0.3 is 9.84 Å². The molecule has 1 saturated carbocycles. The molecule has 3 nitrogen and oxygen atoms in total. The van der Waals surface area contributed by atoms with Crippen LogP contribution in [0.2, 0.25) is 0 Å². The monoisotopic (exact) mass is 246 g/mol. The van der Waals surface area contributed by atoms with Crippen molar-refractivity contribution in [2.24, 2.45) is 0 Å². The number of rotatable bonds is 2. The Labute approximate surface area is 107 Å². The minimum absolute atomic E-state index is 0.00229. The SMILES string of the molecule is CCCc1cc2c(cc1O)[C@@H]1CCC(=O)C[C@H]1O2. The first-order chi connectivity index (χ1) is 8.69. The Morgan fingerprint density at radius 2 is 2.28 bits per heavy atom. The fourth-order valence-corrected chi connectivity index (χ4v) is 3.10. The number of aromatic hydroxyl groups is 1. The van der Waals surface area contributed by atoms with Gasteiger partial charge in [0, 0.05) is 24.3 Å². The van der Waals surface area contributed by atoms with Crippen LogP contribution in [-0.2, 0) is 11.2 Å². The van der Waals surface area contributed by atoms with Crippen LogP contribution in [0.3, 0.4) is 0 Å². The largest absolute Gasteiger partial charge is 0.508 e. The zero-order chi connectivity index (χ0) is 12.7. The third-order valence-electron chi connectivity index (χ3n) is 4.02. The molecule has 0 amide bonds. The molecule has 0 radical (unpaired) electrons. The van der Waals surface area contributed by atoms with Crippen molar-refractivity contribution in [1.82, 2.24) is 0 Å². The Bertz CT molecular complexity index is 493. The lowest BCUT2D eigenvalue weighted by molar-refractivity contribution is -0.122. The summed E-state index contributed by atoms with van der Waals surface area (Å²) in [7, 11) is 0. The van der Waals surface area contributed by atoms with E-state index in [1.807, 2.05) is 12.1 Å². The van der Waals surface area contributed by atoms with Crippen molar-refractivity contribution in [2.45, 2.75) is 51.0 Å². The fraction of sp³-hybridized carbons (Fsp3) is 0.533. The van der Waals surface area contributed by atoms with Crippen molar-refractivity contribution in [3.8, 4) is 11.5 Å². The number of carbonyl (C=O) groups is 1. The average molecular weight is 246 g/mol. The molecule has 1 fully saturated rings. The molecule has 1 aliphatic heterocycles. The summed E-state index contributed by atoms with van der Waals surface area (Å²) in [6, 6.07) is 3.80. The van der Waals surface area contributed by atoms with Gasteiger partial charge in [0.25, 0.3) is 0 Å². The molecule has 1 aromatic rings. The zero-order valence-electron chi connectivity index (χ0n) is 10.6. The highest BCUT2D eigenvalue weighted by Gasteiger charge is 2.39. The van der Waals surface area contributed by atoms with Gasteiger partial charge in [-0.1, -0.05) is 13.3 Å². The van der Waals surface area contributed by atoms with Crippen LogP contribution in [0.1, 0.15) is 49.7 Å². The minimum Gasteiger partial charge on any atom is -0.508 e. The summed E-state index contributed by atoms with van der Waals surface area (Å²) in [5.41, 5.74) is 2.03. The molecule has 1 aromatic carbocycles. The van der Waals surface area contributed by atoms with E-state index in [1.54, 1.807) is 0 Å². The molecule has 0 bridgehead atoms. The molecular formula is C15H18O3. The summed E-state index contributed by atoms with van der Waals surface area (Å²) in [5, 5.41) is 10.0. The summed E-state index contributed by atoms with van der Waals surface area (Å²) < 4.78 is 5.89. The molecule has 2 atom stereocenters. The number of ether oxygens (including phenoxy) is 1. The number of fused-ring (bicyclic) bond motifs is 3. The maximum absolute atomic E-state index is 11.5. The van der Waals surface area contributed by atoms with E-state index in [2.05, 4.69) is 6.92 Å². The Morgan fingerprint density at radius 1 is 1.44 bits per heavy atom. The van der Waals surface area contributed by atoms with Gasteiger partial charge in [0.1, 0.15) is 23.4 Å². The first-order valence-corrected chi connectivity index (χ1v) is 6.73. The van der Waals surface area contributed by atoms with Crippen LogP contribution in [0.15, 0.2) is 12.1 Å². The summed E-state index contributed by atoms with van der Waals surface area (Å²) in [6.07, 6.45) is 3.86. The number of phenols is 1. The molecule has 0 saturated heterocycles. The highest BCUT2D eigenvalue weighted by molar-refractivity contribution is 5.80. The minimum atomic E-state index is -0.00229. The molecule has 0 aromatic heterocycles. The lowest BCUT2D eigenvalue weighted by Gasteiger charge is -2.22. The van der Waals surface area contributed by atoms with Crippen molar-refractivity contribution < 1.29 is 14.6 Å². The fourth-order valence-electron chi connectivity index (χ4n) is 3.10. The Hall–Kier alpha value is -1.51. The van der Waals surface area contributed by atoms with Gasteiger partial charge in [-0.2, -0.15) is 0 Å². The van der Waals surface area contributed by atoms with E-state index in [1.165, 1.54) is 0 Å². The summed E-state index contributed by atoms with van der Waals surface area (Å²) >= 11 is 0. The van der Waals surface area contributed by atoms with Crippen molar-refractivity contribution >= 4 is 5.78 Å². The average Bonchev–Trinajstić information content (AvgIpc) is 2.66. The van der Waals surface area contributed by atoms with Gasteiger partial charge in [-0.25, -0.2) is 0 Å². The van der Waals surface area contributed by atoms with E-state index in [-0.39, 0.29) is 6.10 Å². The predicted octanol–water partition coefficient (Wildman–Crippen LogP) is 2.94. The molecule has 2 aliphatic rings. The number of ketones is 1. The van der Waals surface area contributed by atoms with E-state index >= 15 is 0 Å². The zero-order valence-corrected chi connectivity index (χ0v) is 10.6. The van der Waals surface area contributed by atoms with Gasteiger partial charge >= 0.3 is 0 Å². The molecule has 3 rings (SSSR count). The number of hydrogen-bond acceptors (Lipinski definition) is 3. The van der Waals surface area contributed by atoms with E-state index < -0.39 is 0 Å². The summed E-state index contributed by atoms with van der Waals surface area (Å²) in [5.74, 6) is 1.83. The van der Waals surface area contributed by atoms with Crippen molar-refractivity contribution in [3.63, 3.8) is 0 Å². The smallest absolute Gasteiger partial charge is 0.136 e. The highest BCUT2D eigenvalue weighted by atomic mass is 16.5. The molecule has 0 spiro atoms. The van der Waals surface area contributed by atoms with Crippen LogP contribution in [0.4, 0.5) is 0 Å². The number of benzene rings is 1. The lowest BCUT2D eigenvalue weighted by Crippen LogP contribution is -2.27. The first-order valence-electron chi connectivity index (χ1n) is 6.73. The maximum atomic E-state index is 11.5. The lowest BCUT2D eigenvalue weighted by atomic mass is 9.82. The Balaban J connectivity index is 1.95. The number of carbonyl (C=O) groups excluding carboxylic acids is 1. The van der Waals surface area contributed by atoms with Gasteiger partial charge in [0.05, 0.1) is 0 Å². The van der Waals surface area contributed by atoms with Gasteiger partial charge in [-0.15, -0.1) is 0 Å². The number of hydrogen-bond donors (Lipinski definition) is 1. The number of aryl methyl sites for hydroxylation is 1. The molecule has 1 aliphatic carbocycles. The first kappa shape index (κ1) is 11.6. The number of phenolic OH excluding ortho intramolecular Hbond substituents is 1. The molecular weight excluding hydrogens is 228 g/mol. The maximum Gasteiger partial charge on any atom is 0.136 e. The van der Waals surface area contributed by atoms with Gasteiger partial charge in [-0.3, -0.25) is 4.79 Å². The second-order valence-electron chi connectivity index (χ2n) is 5.31. The molecule has 3 heteroatoms. The summed E-state index contributed by atoms with van der Waals surface area (Å²) in [6.45, 7) is 2.09. The molecule has 1 N–H and O–H groups in total. The van der Waals surface area contributed by atoms with E-state index in [0.717, 1.165) is 36.1 Å². The van der Waals surface area contributed by atoms with Crippen molar-refractivity contribution in [1.29, 1.82) is 0 Å². The van der Waals surface area contributed by atoms with Crippen LogP contribution in [-0.4, -0.2) is 17.0 Å². The van der Waals surface area contributed by atoms with E-state index in [0.29, 0.717) is 30.3 Å². The van der Waals surface area contributed by atoms with Crippen LogP contribution in [0, 0.1) is 0 Å². The second-order valence-corrected chi connectivity index (χ2v) is 5.31. The van der Waals surface area contributed by atoms with Gasteiger partial charge in [-0.05, 0) is 30.5 Å². The van der Waals surface area contributed by atoms with Crippen LogP contribution in [0.5, 0.6) is 11.5 Å². The third-order valence-corrected chi connectivity index (χ3v) is 4.02. The third kappa shape index (κ3) is 1.78. The van der Waals surface area contributed by atoms with Crippen LogP contribution < -0.4 is 4.74 Å². The molecule has 18 heavy (non-hydrogen) atoms. The molecule has 1 heterocycles. The normalized spacial score (nSPS) is 25.5. The van der Waals surface area contributed by atoms with Gasteiger partial charge in [0.2, 0.25) is 0 Å². The molecule has 0 unspecified atom stereocenters. The van der Waals surface area contributed by atoms with Gasteiger partial charge in [0.15, 0.2) is 0 Å². The quantitative estimate of drug-likeness (QED) is 0.872. The predicted molar refractivity (Wildman–Crippen MR) is 68.1 cm³/mol. The Morgan fingerprint density at radius 3 is 3.06 bits per heavy atom. The molecule has 96 valence electrons. The van der Waals surface area contributed by atoms with Crippen molar-refractivity contribution in [2.75, 3.05) is 0 Å². The highest BCUT2D eigenvalue weighted by Crippen LogP contribution is 2.46. The summed E-state index contributed by atoms with van der Waals surface area (Å²) in [4.78, 5) is 11.5. The van der Waals surface area contributed by atoms with Crippen LogP contribution >= 0.6 is 0 Å². The van der Waals surface area contributed by atoms with E-state index in [9.17, 15) is 9.90 Å². The Kier molecular flexibility index (Phi) is 2.77. The standard InChI is InChI=1S/C15H18O3/c1-2-3-9-6-14-12(8-13(9)17)11-5-4-10(16)7-15(11)18-14/h6,8,11,15,17H,2-5,7H2,1H3/t11-,15+/m0/s1. The second kappa shape index (κ2) is 4.30. The van der Waals surface area contributed by atoms with Crippen molar-refractivity contribution in [3.05, 3.63) is 23.3 Å². The van der Waals surface area contributed by atoms with Crippen LogP contribution in [0.25, 0.3) is 0 Å². The topological polar surface area (TPSA) is 46.5 Å². The van der Waals surface area contributed by atoms with E-state index in [4.69, 9.17) is 4.74 Å².